The summed E-state index contributed by atoms with van der Waals surface area (Å²) < 4.78 is 26.6. The largest absolute Gasteiger partial charge is 0.506 e. The lowest BCUT2D eigenvalue weighted by Gasteiger charge is -2.03. The van der Waals surface area contributed by atoms with Crippen LogP contribution in [0, 0.1) is 11.6 Å². The first-order chi connectivity index (χ1) is 7.18. The van der Waals surface area contributed by atoms with Gasteiger partial charge in [0.15, 0.2) is 0 Å². The number of aromatic hydroxyl groups is 1. The molecule has 2 nitrogen and oxygen atoms in total. The minimum absolute atomic E-state index is 0.0458. The Bertz CT molecular complexity index is 462. The van der Waals surface area contributed by atoms with Gasteiger partial charge in [0, 0.05) is 0 Å². The molecule has 76 valence electrons. The normalized spacial score (nSPS) is 10.3. The smallest absolute Gasteiger partial charge is 0.135 e. The van der Waals surface area contributed by atoms with Crippen molar-refractivity contribution in [2.24, 2.45) is 0 Å². The van der Waals surface area contributed by atoms with Crippen LogP contribution in [0.5, 0.6) is 5.75 Å². The van der Waals surface area contributed by atoms with Gasteiger partial charge in [-0.15, -0.1) is 0 Å². The fourth-order valence-corrected chi connectivity index (χ4v) is 1.28. The molecule has 0 atom stereocenters. The number of rotatable bonds is 1. The molecule has 0 unspecified atom stereocenters. The molecular formula is C11H7F2NO. The first kappa shape index (κ1) is 9.58. The van der Waals surface area contributed by atoms with Crippen molar-refractivity contribution in [3.05, 3.63) is 48.2 Å². The highest BCUT2D eigenvalue weighted by molar-refractivity contribution is 5.60. The zero-order valence-corrected chi connectivity index (χ0v) is 7.61. The number of halogens is 2. The van der Waals surface area contributed by atoms with Crippen LogP contribution < -0.4 is 0 Å². The molecule has 0 aliphatic heterocycles. The second kappa shape index (κ2) is 3.65. The lowest BCUT2D eigenvalue weighted by atomic mass is 10.1. The zero-order chi connectivity index (χ0) is 10.8. The maximum Gasteiger partial charge on any atom is 0.135 e. The van der Waals surface area contributed by atoms with Gasteiger partial charge >= 0.3 is 0 Å². The van der Waals surface area contributed by atoms with Gasteiger partial charge in [0.2, 0.25) is 0 Å². The standard InChI is InChI=1S/C11H7F2NO/c12-8-2-1-3-9(13)11(8)10-5-4-7(15)6-14-10/h1-6,15H. The van der Waals surface area contributed by atoms with Gasteiger partial charge in [-0.2, -0.15) is 0 Å². The first-order valence-corrected chi connectivity index (χ1v) is 4.28. The fourth-order valence-electron chi connectivity index (χ4n) is 1.28. The average molecular weight is 207 g/mol. The number of hydrogen-bond donors (Lipinski definition) is 1. The minimum Gasteiger partial charge on any atom is -0.506 e. The van der Waals surface area contributed by atoms with Crippen LogP contribution in [0.1, 0.15) is 0 Å². The molecule has 2 rings (SSSR count). The van der Waals surface area contributed by atoms with Crippen LogP contribution in [-0.4, -0.2) is 10.1 Å². The van der Waals surface area contributed by atoms with E-state index >= 15 is 0 Å². The molecule has 0 amide bonds. The van der Waals surface area contributed by atoms with Crippen molar-refractivity contribution in [3.63, 3.8) is 0 Å². The van der Waals surface area contributed by atoms with E-state index in [4.69, 9.17) is 5.11 Å². The molecule has 15 heavy (non-hydrogen) atoms. The molecule has 2 aromatic rings. The van der Waals surface area contributed by atoms with E-state index in [1.807, 2.05) is 0 Å². The van der Waals surface area contributed by atoms with Crippen molar-refractivity contribution in [2.75, 3.05) is 0 Å². The molecule has 0 aliphatic carbocycles. The third-order valence-corrected chi connectivity index (χ3v) is 1.97. The summed E-state index contributed by atoms with van der Waals surface area (Å²) in [5.41, 5.74) is -0.0269. The Morgan fingerprint density at radius 1 is 1.00 bits per heavy atom. The van der Waals surface area contributed by atoms with Crippen molar-refractivity contribution in [1.29, 1.82) is 0 Å². The summed E-state index contributed by atoms with van der Waals surface area (Å²) in [5, 5.41) is 8.99. The monoisotopic (exact) mass is 207 g/mol. The lowest BCUT2D eigenvalue weighted by molar-refractivity contribution is 0.472. The van der Waals surface area contributed by atoms with E-state index < -0.39 is 11.6 Å². The molecule has 1 N–H and O–H groups in total. The van der Waals surface area contributed by atoms with Crippen molar-refractivity contribution in [2.45, 2.75) is 0 Å². The van der Waals surface area contributed by atoms with Crippen molar-refractivity contribution >= 4 is 0 Å². The van der Waals surface area contributed by atoms with Crippen LogP contribution in [0.4, 0.5) is 8.78 Å². The van der Waals surface area contributed by atoms with Gasteiger partial charge in [-0.3, -0.25) is 4.98 Å². The van der Waals surface area contributed by atoms with Gasteiger partial charge in [-0.05, 0) is 24.3 Å². The topological polar surface area (TPSA) is 33.1 Å². The highest BCUT2D eigenvalue weighted by atomic mass is 19.1. The van der Waals surface area contributed by atoms with Crippen LogP contribution in [0.25, 0.3) is 11.3 Å². The molecule has 0 spiro atoms. The SMILES string of the molecule is Oc1ccc(-c2c(F)cccc2F)nc1. The number of hydrogen-bond acceptors (Lipinski definition) is 2. The van der Waals surface area contributed by atoms with Gasteiger partial charge in [0.05, 0.1) is 17.5 Å². The molecule has 1 aromatic heterocycles. The quantitative estimate of drug-likeness (QED) is 0.779. The van der Waals surface area contributed by atoms with E-state index in [9.17, 15) is 8.78 Å². The maximum atomic E-state index is 13.3. The summed E-state index contributed by atoms with van der Waals surface area (Å²) >= 11 is 0. The third-order valence-electron chi connectivity index (χ3n) is 1.97. The Labute approximate surface area is 84.8 Å². The fraction of sp³-hybridized carbons (Fsp3) is 0. The van der Waals surface area contributed by atoms with Gasteiger partial charge in [0.25, 0.3) is 0 Å². The van der Waals surface area contributed by atoms with E-state index in [2.05, 4.69) is 4.98 Å². The highest BCUT2D eigenvalue weighted by Gasteiger charge is 2.11. The van der Waals surface area contributed by atoms with Crippen LogP contribution >= 0.6 is 0 Å². The Kier molecular flexibility index (Phi) is 2.33. The van der Waals surface area contributed by atoms with E-state index in [-0.39, 0.29) is 17.0 Å². The molecule has 0 fully saturated rings. The average Bonchev–Trinajstić information content (AvgIpc) is 2.20. The third kappa shape index (κ3) is 1.79. The van der Waals surface area contributed by atoms with E-state index in [0.717, 1.165) is 18.3 Å². The number of nitrogens with zero attached hydrogens (tertiary/aromatic N) is 1. The minimum atomic E-state index is -0.673. The number of aromatic nitrogens is 1. The summed E-state index contributed by atoms with van der Waals surface area (Å²) in [6.07, 6.45) is 1.14. The molecule has 0 radical (unpaired) electrons. The summed E-state index contributed by atoms with van der Waals surface area (Å²) in [6, 6.07) is 6.29. The number of benzene rings is 1. The van der Waals surface area contributed by atoms with Gasteiger partial charge in [-0.25, -0.2) is 8.78 Å². The summed E-state index contributed by atoms with van der Waals surface area (Å²) in [6.45, 7) is 0. The Morgan fingerprint density at radius 2 is 1.67 bits per heavy atom. The summed E-state index contributed by atoms with van der Waals surface area (Å²) in [7, 11) is 0. The van der Waals surface area contributed by atoms with E-state index in [1.54, 1.807) is 0 Å². The predicted molar refractivity (Wildman–Crippen MR) is 51.3 cm³/mol. The molecule has 0 bridgehead atoms. The van der Waals surface area contributed by atoms with Crippen molar-refractivity contribution < 1.29 is 13.9 Å². The lowest BCUT2D eigenvalue weighted by Crippen LogP contribution is -1.91. The molecule has 0 saturated carbocycles. The Hall–Kier alpha value is -1.97. The summed E-state index contributed by atoms with van der Waals surface area (Å²) in [5.74, 6) is -1.39. The van der Waals surface area contributed by atoms with Crippen LogP contribution in [-0.2, 0) is 0 Å². The van der Waals surface area contributed by atoms with Crippen molar-refractivity contribution in [1.82, 2.24) is 4.98 Å². The van der Waals surface area contributed by atoms with Crippen molar-refractivity contribution in [3.8, 4) is 17.0 Å². The highest BCUT2D eigenvalue weighted by Crippen LogP contribution is 2.24. The van der Waals surface area contributed by atoms with Crippen LogP contribution in [0.2, 0.25) is 0 Å². The van der Waals surface area contributed by atoms with E-state index in [0.29, 0.717) is 0 Å². The van der Waals surface area contributed by atoms with Gasteiger partial charge in [0.1, 0.15) is 17.4 Å². The second-order valence-electron chi connectivity index (χ2n) is 3.00. The maximum absolute atomic E-state index is 13.3. The number of pyridine rings is 1. The molecule has 1 heterocycles. The molecular weight excluding hydrogens is 200 g/mol. The molecule has 4 heteroatoms. The summed E-state index contributed by atoms with van der Waals surface area (Å²) in [4.78, 5) is 3.74. The molecule has 0 saturated heterocycles. The van der Waals surface area contributed by atoms with Gasteiger partial charge < -0.3 is 5.11 Å². The zero-order valence-electron chi connectivity index (χ0n) is 7.61. The Balaban J connectivity index is 2.58. The van der Waals surface area contributed by atoms with Crippen LogP contribution in [0.15, 0.2) is 36.5 Å². The molecule has 0 aliphatic rings. The second-order valence-corrected chi connectivity index (χ2v) is 3.00. The van der Waals surface area contributed by atoms with Crippen LogP contribution in [0.3, 0.4) is 0 Å². The molecule has 1 aromatic carbocycles. The van der Waals surface area contributed by atoms with E-state index in [1.165, 1.54) is 18.2 Å². The Morgan fingerprint density at radius 3 is 2.20 bits per heavy atom. The van der Waals surface area contributed by atoms with Gasteiger partial charge in [-0.1, -0.05) is 6.07 Å². The first-order valence-electron chi connectivity index (χ1n) is 4.28. The predicted octanol–water partition coefficient (Wildman–Crippen LogP) is 2.73.